The van der Waals surface area contributed by atoms with Crippen molar-refractivity contribution in [3.63, 3.8) is 0 Å². The number of rotatable bonds is 2. The lowest BCUT2D eigenvalue weighted by atomic mass is 9.94. The maximum absolute atomic E-state index is 4.51. The lowest BCUT2D eigenvalue weighted by Crippen LogP contribution is -2.28. The van der Waals surface area contributed by atoms with E-state index in [1.807, 2.05) is 0 Å². The van der Waals surface area contributed by atoms with Gasteiger partial charge in [-0.25, -0.2) is 5.32 Å². The van der Waals surface area contributed by atoms with Gasteiger partial charge in [0.1, 0.15) is 0 Å². The second kappa shape index (κ2) is 3.57. The van der Waals surface area contributed by atoms with Crippen molar-refractivity contribution in [3.8, 4) is 0 Å². The molecule has 11 heavy (non-hydrogen) atoms. The van der Waals surface area contributed by atoms with Crippen molar-refractivity contribution in [2.45, 2.75) is 41.5 Å². The molecular weight excluding hydrogens is 134 g/mol. The van der Waals surface area contributed by atoms with Gasteiger partial charge in [-0.3, -0.25) is 0 Å². The summed E-state index contributed by atoms with van der Waals surface area (Å²) in [7, 11) is 0. The lowest BCUT2D eigenvalue weighted by molar-refractivity contribution is 0.316. The molecule has 0 saturated carbocycles. The zero-order valence-corrected chi connectivity index (χ0v) is 8.86. The van der Waals surface area contributed by atoms with Crippen molar-refractivity contribution in [3.05, 3.63) is 0 Å². The van der Waals surface area contributed by atoms with Gasteiger partial charge in [0, 0.05) is 13.1 Å². The molecule has 0 saturated heterocycles. The molecule has 0 aliphatic carbocycles. The molecule has 0 aromatic rings. The molecular formula is C10H22N. The van der Waals surface area contributed by atoms with E-state index in [0.29, 0.717) is 10.8 Å². The number of hydrogen-bond acceptors (Lipinski definition) is 0. The van der Waals surface area contributed by atoms with Crippen LogP contribution >= 0.6 is 0 Å². The van der Waals surface area contributed by atoms with Gasteiger partial charge in [-0.2, -0.15) is 0 Å². The van der Waals surface area contributed by atoms with E-state index in [1.165, 1.54) is 0 Å². The van der Waals surface area contributed by atoms with Gasteiger partial charge in [0.2, 0.25) is 0 Å². The van der Waals surface area contributed by atoms with E-state index in [-0.39, 0.29) is 0 Å². The van der Waals surface area contributed by atoms with Gasteiger partial charge in [-0.15, -0.1) is 0 Å². The quantitative estimate of drug-likeness (QED) is 0.583. The predicted octanol–water partition coefficient (Wildman–Crippen LogP) is 2.68. The first-order valence-corrected chi connectivity index (χ1v) is 4.34. The van der Waals surface area contributed by atoms with Gasteiger partial charge in [-0.1, -0.05) is 41.5 Å². The van der Waals surface area contributed by atoms with Gasteiger partial charge >= 0.3 is 0 Å². The molecule has 0 spiro atoms. The molecule has 0 aliphatic heterocycles. The Labute approximate surface area is 71.6 Å². The van der Waals surface area contributed by atoms with E-state index in [4.69, 9.17) is 0 Å². The van der Waals surface area contributed by atoms with Gasteiger partial charge < -0.3 is 0 Å². The zero-order valence-electron chi connectivity index (χ0n) is 8.86. The van der Waals surface area contributed by atoms with E-state index < -0.39 is 0 Å². The fourth-order valence-electron chi connectivity index (χ4n) is 0.727. The van der Waals surface area contributed by atoms with Crippen LogP contribution in [0.15, 0.2) is 0 Å². The monoisotopic (exact) mass is 156 g/mol. The first kappa shape index (κ1) is 11.0. The van der Waals surface area contributed by atoms with Crippen LogP contribution < -0.4 is 5.32 Å². The first-order valence-electron chi connectivity index (χ1n) is 4.34. The van der Waals surface area contributed by atoms with Crippen molar-refractivity contribution in [2.75, 3.05) is 13.1 Å². The minimum Gasteiger partial charge on any atom is -0.241 e. The summed E-state index contributed by atoms with van der Waals surface area (Å²) in [5.74, 6) is 0. The highest BCUT2D eigenvalue weighted by Gasteiger charge is 2.14. The molecule has 1 heteroatoms. The van der Waals surface area contributed by atoms with Crippen molar-refractivity contribution in [1.29, 1.82) is 0 Å². The molecule has 0 rings (SSSR count). The predicted molar refractivity (Wildman–Crippen MR) is 50.8 cm³/mol. The Morgan fingerprint density at radius 2 is 1.00 bits per heavy atom. The summed E-state index contributed by atoms with van der Waals surface area (Å²) < 4.78 is 0. The van der Waals surface area contributed by atoms with Crippen LogP contribution in [0.25, 0.3) is 0 Å². The highest BCUT2D eigenvalue weighted by atomic mass is 14.9. The Balaban J connectivity index is 3.44. The van der Waals surface area contributed by atoms with Crippen molar-refractivity contribution in [1.82, 2.24) is 5.32 Å². The van der Waals surface area contributed by atoms with Crippen LogP contribution in [0.3, 0.4) is 0 Å². The molecule has 0 aromatic heterocycles. The summed E-state index contributed by atoms with van der Waals surface area (Å²) in [5, 5.41) is 4.51. The Morgan fingerprint density at radius 1 is 0.727 bits per heavy atom. The second-order valence-electron chi connectivity index (χ2n) is 5.66. The second-order valence-corrected chi connectivity index (χ2v) is 5.66. The topological polar surface area (TPSA) is 14.1 Å². The molecule has 0 aromatic carbocycles. The SMILES string of the molecule is CC(C)(C)C[N]CC(C)(C)C. The summed E-state index contributed by atoms with van der Waals surface area (Å²) in [5.41, 5.74) is 0.705. The number of nitrogens with zero attached hydrogens (tertiary/aromatic N) is 1. The molecule has 67 valence electrons. The maximum atomic E-state index is 4.51. The highest BCUT2D eigenvalue weighted by Crippen LogP contribution is 2.15. The van der Waals surface area contributed by atoms with Crippen molar-refractivity contribution in [2.24, 2.45) is 10.8 Å². The average molecular weight is 156 g/mol. The van der Waals surface area contributed by atoms with Crippen LogP contribution in [-0.4, -0.2) is 13.1 Å². The molecule has 0 aliphatic rings. The van der Waals surface area contributed by atoms with Gasteiger partial charge in [0.25, 0.3) is 0 Å². The Kier molecular flexibility index (Phi) is 3.56. The van der Waals surface area contributed by atoms with E-state index >= 15 is 0 Å². The van der Waals surface area contributed by atoms with Crippen LogP contribution in [-0.2, 0) is 0 Å². The fraction of sp³-hybridized carbons (Fsp3) is 1.00. The molecule has 0 fully saturated rings. The third-order valence-electron chi connectivity index (χ3n) is 1.17. The van der Waals surface area contributed by atoms with Crippen LogP contribution in [0.5, 0.6) is 0 Å². The lowest BCUT2D eigenvalue weighted by Gasteiger charge is -2.22. The van der Waals surface area contributed by atoms with E-state index in [1.54, 1.807) is 0 Å². The molecule has 0 N–H and O–H groups in total. The summed E-state index contributed by atoms with van der Waals surface area (Å²) >= 11 is 0. The molecule has 0 amide bonds. The summed E-state index contributed by atoms with van der Waals surface area (Å²) in [6.45, 7) is 15.3. The summed E-state index contributed by atoms with van der Waals surface area (Å²) in [6, 6.07) is 0. The molecule has 0 heterocycles. The van der Waals surface area contributed by atoms with Gasteiger partial charge in [-0.05, 0) is 10.8 Å². The third kappa shape index (κ3) is 9.96. The largest absolute Gasteiger partial charge is 0.241 e. The van der Waals surface area contributed by atoms with Crippen LogP contribution in [0.2, 0.25) is 0 Å². The highest BCUT2D eigenvalue weighted by molar-refractivity contribution is 4.69. The molecule has 0 unspecified atom stereocenters. The van der Waals surface area contributed by atoms with Crippen molar-refractivity contribution >= 4 is 0 Å². The fourth-order valence-corrected chi connectivity index (χ4v) is 0.727. The molecule has 0 bridgehead atoms. The number of hydrogen-bond donors (Lipinski definition) is 0. The zero-order chi connectivity index (χ0) is 9.12. The summed E-state index contributed by atoms with van der Waals surface area (Å²) in [6.07, 6.45) is 0. The standard InChI is InChI=1S/C10H22N/c1-9(2,3)7-11-8-10(4,5)6/h7-8H2,1-6H3. The molecule has 1 radical (unpaired) electrons. The maximum Gasteiger partial charge on any atom is 0.0182 e. The Morgan fingerprint density at radius 3 is 1.18 bits per heavy atom. The smallest absolute Gasteiger partial charge is 0.0182 e. The van der Waals surface area contributed by atoms with Gasteiger partial charge in [0.15, 0.2) is 0 Å². The van der Waals surface area contributed by atoms with Gasteiger partial charge in [0.05, 0.1) is 0 Å². The van der Waals surface area contributed by atoms with Crippen molar-refractivity contribution < 1.29 is 0 Å². The van der Waals surface area contributed by atoms with E-state index in [0.717, 1.165) is 13.1 Å². The normalized spacial score (nSPS) is 13.6. The minimum absolute atomic E-state index is 0.352. The summed E-state index contributed by atoms with van der Waals surface area (Å²) in [4.78, 5) is 0. The average Bonchev–Trinajstić information content (AvgIpc) is 1.55. The van der Waals surface area contributed by atoms with Crippen LogP contribution in [0.4, 0.5) is 0 Å². The van der Waals surface area contributed by atoms with Crippen LogP contribution in [0, 0.1) is 10.8 Å². The first-order chi connectivity index (χ1) is 4.71. The third-order valence-corrected chi connectivity index (χ3v) is 1.17. The van der Waals surface area contributed by atoms with Crippen LogP contribution in [0.1, 0.15) is 41.5 Å². The Hall–Kier alpha value is -0.0400. The van der Waals surface area contributed by atoms with E-state index in [9.17, 15) is 0 Å². The molecule has 1 nitrogen and oxygen atoms in total. The minimum atomic E-state index is 0.352. The molecule has 0 atom stereocenters. The van der Waals surface area contributed by atoms with E-state index in [2.05, 4.69) is 46.9 Å². The Bertz CT molecular complexity index is 89.0.